The van der Waals surface area contributed by atoms with Crippen LogP contribution in [0.15, 0.2) is 101 Å². The van der Waals surface area contributed by atoms with Gasteiger partial charge in [-0.3, -0.25) is 4.31 Å². The average molecular weight is 472 g/mol. The monoisotopic (exact) mass is 471 g/mol. The Bertz CT molecular complexity index is 1200. The van der Waals surface area contributed by atoms with E-state index >= 15 is 0 Å². The van der Waals surface area contributed by atoms with E-state index in [0.717, 1.165) is 5.56 Å². The Morgan fingerprint density at radius 3 is 2.22 bits per heavy atom. The van der Waals surface area contributed by atoms with Gasteiger partial charge >= 0.3 is 0 Å². The largest absolute Gasteiger partial charge is 0.265 e. The van der Waals surface area contributed by atoms with E-state index in [2.05, 4.69) is 13.2 Å². The standard InChI is InChI=1S/C25H29NO4S2/c1-4-6-13-25(31(27,28)22-11-8-7-9-12-22)24-19-16-21(10-5-2)26(24)32(29,30)23-17-14-20(3)15-18-23/h4-5,7-9,11-12,14-15,17-19,21,25H,1-2,6,10,13,16H2,3H3/t21-,25-/m0/s1. The average Bonchev–Trinajstić information content (AvgIpc) is 3.19. The molecule has 0 saturated carbocycles. The lowest BCUT2D eigenvalue weighted by atomic mass is 10.2. The summed E-state index contributed by atoms with van der Waals surface area (Å²) >= 11 is 0. The molecule has 3 rings (SSSR count). The second kappa shape index (κ2) is 9.88. The topological polar surface area (TPSA) is 71.5 Å². The van der Waals surface area contributed by atoms with Gasteiger partial charge in [0.1, 0.15) is 5.25 Å². The van der Waals surface area contributed by atoms with Crippen LogP contribution in [0, 0.1) is 6.92 Å². The summed E-state index contributed by atoms with van der Waals surface area (Å²) in [5, 5.41) is -1.00. The van der Waals surface area contributed by atoms with Crippen molar-refractivity contribution in [1.29, 1.82) is 0 Å². The van der Waals surface area contributed by atoms with Gasteiger partial charge in [0, 0.05) is 5.70 Å². The molecule has 7 heteroatoms. The van der Waals surface area contributed by atoms with Crippen LogP contribution in [-0.2, 0) is 19.9 Å². The molecular formula is C25H29NO4S2. The number of allylic oxidation sites excluding steroid dienone is 1. The van der Waals surface area contributed by atoms with E-state index in [9.17, 15) is 16.8 Å². The summed E-state index contributed by atoms with van der Waals surface area (Å²) in [7, 11) is -7.79. The first kappa shape index (κ1) is 24.0. The van der Waals surface area contributed by atoms with Crippen LogP contribution < -0.4 is 0 Å². The maximum Gasteiger partial charge on any atom is 0.264 e. The number of hydrogen-bond donors (Lipinski definition) is 0. The van der Waals surface area contributed by atoms with Gasteiger partial charge in [-0.25, -0.2) is 16.8 Å². The van der Waals surface area contributed by atoms with Crippen molar-refractivity contribution in [1.82, 2.24) is 4.31 Å². The van der Waals surface area contributed by atoms with Crippen molar-refractivity contribution in [3.8, 4) is 0 Å². The summed E-state index contributed by atoms with van der Waals surface area (Å²) < 4.78 is 56.0. The smallest absolute Gasteiger partial charge is 0.264 e. The van der Waals surface area contributed by atoms with Crippen molar-refractivity contribution < 1.29 is 16.8 Å². The van der Waals surface area contributed by atoms with Gasteiger partial charge in [0.2, 0.25) is 0 Å². The van der Waals surface area contributed by atoms with Gasteiger partial charge in [0.25, 0.3) is 10.0 Å². The summed E-state index contributed by atoms with van der Waals surface area (Å²) in [5.41, 5.74) is 1.25. The number of benzene rings is 2. The molecule has 5 nitrogen and oxygen atoms in total. The first-order valence-corrected chi connectivity index (χ1v) is 13.5. The molecule has 1 aliphatic rings. The minimum atomic E-state index is -3.96. The summed E-state index contributed by atoms with van der Waals surface area (Å²) in [5.74, 6) is 0. The molecule has 0 N–H and O–H groups in total. The third kappa shape index (κ3) is 4.74. The number of sulfone groups is 1. The van der Waals surface area contributed by atoms with E-state index in [1.165, 1.54) is 4.31 Å². The summed E-state index contributed by atoms with van der Waals surface area (Å²) in [4.78, 5) is 0.319. The van der Waals surface area contributed by atoms with Gasteiger partial charge < -0.3 is 0 Å². The Hall–Kier alpha value is -2.64. The number of rotatable bonds is 10. The highest BCUT2D eigenvalue weighted by Gasteiger charge is 2.43. The van der Waals surface area contributed by atoms with E-state index in [1.54, 1.807) is 72.8 Å². The number of nitrogens with zero attached hydrogens (tertiary/aromatic N) is 1. The van der Waals surface area contributed by atoms with Crippen LogP contribution in [0.1, 0.15) is 31.2 Å². The van der Waals surface area contributed by atoms with Gasteiger partial charge in [-0.05, 0) is 56.9 Å². The third-order valence-corrected chi connectivity index (χ3v) is 9.66. The van der Waals surface area contributed by atoms with E-state index in [4.69, 9.17) is 0 Å². The summed E-state index contributed by atoms with van der Waals surface area (Å²) in [6, 6.07) is 14.4. The van der Waals surface area contributed by atoms with Crippen LogP contribution in [0.3, 0.4) is 0 Å². The van der Waals surface area contributed by atoms with Gasteiger partial charge in [0.05, 0.1) is 15.8 Å². The maximum absolute atomic E-state index is 13.7. The zero-order valence-corrected chi connectivity index (χ0v) is 19.9. The zero-order valence-electron chi connectivity index (χ0n) is 18.2. The normalized spacial score (nSPS) is 17.6. The molecule has 0 spiro atoms. The lowest BCUT2D eigenvalue weighted by Crippen LogP contribution is -2.41. The van der Waals surface area contributed by atoms with Gasteiger partial charge in [-0.1, -0.05) is 54.1 Å². The predicted octanol–water partition coefficient (Wildman–Crippen LogP) is 5.03. The number of aryl methyl sites for hydroxylation is 1. The van der Waals surface area contributed by atoms with Crippen molar-refractivity contribution in [3.05, 3.63) is 97.2 Å². The lowest BCUT2D eigenvalue weighted by Gasteiger charge is -2.32. The van der Waals surface area contributed by atoms with Gasteiger partial charge in [-0.2, -0.15) is 0 Å². The highest BCUT2D eigenvalue weighted by atomic mass is 32.2. The first-order chi connectivity index (χ1) is 15.2. The zero-order chi connectivity index (χ0) is 23.4. The quantitative estimate of drug-likeness (QED) is 0.456. The van der Waals surface area contributed by atoms with Crippen LogP contribution >= 0.6 is 0 Å². The molecule has 0 amide bonds. The van der Waals surface area contributed by atoms with Crippen LogP contribution in [0.25, 0.3) is 0 Å². The van der Waals surface area contributed by atoms with Gasteiger partial charge in [-0.15, -0.1) is 13.2 Å². The minimum Gasteiger partial charge on any atom is -0.265 e. The maximum atomic E-state index is 13.7. The highest BCUT2D eigenvalue weighted by molar-refractivity contribution is 7.92. The molecule has 1 aliphatic heterocycles. The fourth-order valence-electron chi connectivity index (χ4n) is 3.98. The molecule has 1 heterocycles. The molecule has 0 saturated heterocycles. The lowest BCUT2D eigenvalue weighted by molar-refractivity contribution is 0.394. The SMILES string of the molecule is C=CCC[C@@H](C1=CC[C@H](CC=C)N1S(=O)(=O)c1ccc(C)cc1)S(=O)(=O)c1ccccc1. The fourth-order valence-corrected chi connectivity index (χ4v) is 7.63. The molecule has 170 valence electrons. The second-order valence-electron chi connectivity index (χ2n) is 7.87. The molecule has 2 atom stereocenters. The van der Waals surface area contributed by atoms with E-state index in [-0.39, 0.29) is 16.2 Å². The van der Waals surface area contributed by atoms with Crippen molar-refractivity contribution >= 4 is 19.9 Å². The second-order valence-corrected chi connectivity index (χ2v) is 11.8. The first-order valence-electron chi connectivity index (χ1n) is 10.6. The van der Waals surface area contributed by atoms with Crippen LogP contribution in [0.2, 0.25) is 0 Å². The summed E-state index contributed by atoms with van der Waals surface area (Å²) in [6.45, 7) is 9.37. The number of hydrogen-bond acceptors (Lipinski definition) is 4. The number of sulfonamides is 1. The van der Waals surface area contributed by atoms with Crippen molar-refractivity contribution in [3.63, 3.8) is 0 Å². The van der Waals surface area contributed by atoms with Crippen molar-refractivity contribution in [2.45, 2.75) is 53.7 Å². The highest BCUT2D eigenvalue weighted by Crippen LogP contribution is 2.38. The Labute approximate surface area is 191 Å². The molecule has 0 unspecified atom stereocenters. The summed E-state index contributed by atoms with van der Waals surface area (Å²) in [6.07, 6.45) is 6.62. The Balaban J connectivity index is 2.13. The Morgan fingerprint density at radius 2 is 1.62 bits per heavy atom. The molecule has 0 radical (unpaired) electrons. The van der Waals surface area contributed by atoms with Gasteiger partial charge in [0.15, 0.2) is 9.84 Å². The van der Waals surface area contributed by atoms with E-state index in [0.29, 0.717) is 25.0 Å². The van der Waals surface area contributed by atoms with Crippen molar-refractivity contribution in [2.75, 3.05) is 0 Å². The predicted molar refractivity (Wildman–Crippen MR) is 128 cm³/mol. The third-order valence-electron chi connectivity index (χ3n) is 5.61. The molecule has 0 bridgehead atoms. The van der Waals surface area contributed by atoms with Crippen LogP contribution in [0.5, 0.6) is 0 Å². The molecular weight excluding hydrogens is 442 g/mol. The van der Waals surface area contributed by atoms with E-state index < -0.39 is 31.2 Å². The molecule has 2 aromatic carbocycles. The van der Waals surface area contributed by atoms with Crippen LogP contribution in [-0.4, -0.2) is 32.4 Å². The molecule has 0 aromatic heterocycles. The van der Waals surface area contributed by atoms with Crippen molar-refractivity contribution in [2.24, 2.45) is 0 Å². The fraction of sp³-hybridized carbons (Fsp3) is 0.280. The Morgan fingerprint density at radius 1 is 0.969 bits per heavy atom. The van der Waals surface area contributed by atoms with E-state index in [1.807, 2.05) is 6.92 Å². The minimum absolute atomic E-state index is 0.143. The van der Waals surface area contributed by atoms with Crippen LogP contribution in [0.4, 0.5) is 0 Å². The molecule has 0 aliphatic carbocycles. The molecule has 32 heavy (non-hydrogen) atoms. The molecule has 2 aromatic rings. The Kier molecular flexibility index (Phi) is 7.41. The molecule has 0 fully saturated rings.